The van der Waals surface area contributed by atoms with Gasteiger partial charge in [0, 0.05) is 18.2 Å². The quantitative estimate of drug-likeness (QED) is 0.788. The van der Waals surface area contributed by atoms with Crippen molar-refractivity contribution >= 4 is 17.3 Å². The number of hydrogen-bond acceptors (Lipinski definition) is 4. The Hall–Kier alpha value is -3.47. The molecule has 26 heavy (non-hydrogen) atoms. The van der Waals surface area contributed by atoms with E-state index in [1.54, 1.807) is 24.4 Å². The zero-order chi connectivity index (χ0) is 17.9. The molecule has 1 N–H and O–H groups in total. The highest BCUT2D eigenvalue weighted by molar-refractivity contribution is 6.10. The van der Waals surface area contributed by atoms with Gasteiger partial charge in [-0.3, -0.25) is 9.78 Å². The van der Waals surface area contributed by atoms with Crippen LogP contribution in [0.1, 0.15) is 23.6 Å². The molecule has 0 spiro atoms. The number of carbonyl (C=O) groups is 1. The summed E-state index contributed by atoms with van der Waals surface area (Å²) in [6, 6.07) is 21.8. The van der Waals surface area contributed by atoms with E-state index in [0.29, 0.717) is 23.4 Å². The van der Waals surface area contributed by atoms with Crippen molar-refractivity contribution in [1.29, 1.82) is 0 Å². The van der Waals surface area contributed by atoms with Gasteiger partial charge in [-0.15, -0.1) is 0 Å². The first kappa shape index (κ1) is 16.0. The second kappa shape index (κ2) is 6.80. The molecule has 1 amide bonds. The summed E-state index contributed by atoms with van der Waals surface area (Å²) in [7, 11) is 0. The van der Waals surface area contributed by atoms with Gasteiger partial charge in [-0.05, 0) is 30.3 Å². The number of para-hydroxylation sites is 2. The van der Waals surface area contributed by atoms with Crippen LogP contribution in [-0.2, 0) is 4.79 Å². The van der Waals surface area contributed by atoms with Crippen molar-refractivity contribution in [2.24, 2.45) is 5.10 Å². The number of amides is 1. The van der Waals surface area contributed by atoms with E-state index in [2.05, 4.69) is 10.1 Å². The number of aromatic nitrogens is 1. The monoisotopic (exact) mass is 343 g/mol. The summed E-state index contributed by atoms with van der Waals surface area (Å²) in [6.07, 6.45) is 2.09. The summed E-state index contributed by atoms with van der Waals surface area (Å²) in [6.45, 7) is 0. The second-order valence-electron chi connectivity index (χ2n) is 6.06. The maximum Gasteiger partial charge on any atom is 0.255 e. The van der Waals surface area contributed by atoms with Crippen molar-refractivity contribution < 1.29 is 9.90 Å². The zero-order valence-corrected chi connectivity index (χ0v) is 14.0. The Morgan fingerprint density at radius 1 is 0.923 bits per heavy atom. The number of phenols is 1. The number of hydrogen-bond donors (Lipinski definition) is 1. The first-order chi connectivity index (χ1) is 12.7. The van der Waals surface area contributed by atoms with Gasteiger partial charge >= 0.3 is 0 Å². The molecule has 128 valence electrons. The average molecular weight is 343 g/mol. The number of anilines is 1. The molecule has 1 aliphatic heterocycles. The fourth-order valence-corrected chi connectivity index (χ4v) is 3.11. The summed E-state index contributed by atoms with van der Waals surface area (Å²) in [5.41, 5.74) is 2.72. The predicted molar refractivity (Wildman–Crippen MR) is 100 cm³/mol. The van der Waals surface area contributed by atoms with E-state index < -0.39 is 5.92 Å². The smallest absolute Gasteiger partial charge is 0.255 e. The molecule has 1 atom stereocenters. The molecule has 1 aromatic heterocycles. The minimum atomic E-state index is -0.522. The summed E-state index contributed by atoms with van der Waals surface area (Å²) < 4.78 is 0. The van der Waals surface area contributed by atoms with Crippen LogP contribution in [0.3, 0.4) is 0 Å². The lowest BCUT2D eigenvalue weighted by molar-refractivity contribution is -0.120. The van der Waals surface area contributed by atoms with Crippen molar-refractivity contribution in [3.63, 3.8) is 0 Å². The molecule has 0 radical (unpaired) electrons. The van der Waals surface area contributed by atoms with E-state index in [9.17, 15) is 9.90 Å². The van der Waals surface area contributed by atoms with Gasteiger partial charge in [0.2, 0.25) is 0 Å². The highest BCUT2D eigenvalue weighted by Gasteiger charge is 2.35. The maximum atomic E-state index is 13.1. The Kier molecular flexibility index (Phi) is 4.19. The Morgan fingerprint density at radius 2 is 1.65 bits per heavy atom. The number of benzene rings is 2. The van der Waals surface area contributed by atoms with Gasteiger partial charge in [0.15, 0.2) is 0 Å². The number of rotatable bonds is 3. The topological polar surface area (TPSA) is 65.8 Å². The van der Waals surface area contributed by atoms with E-state index in [4.69, 9.17) is 0 Å². The van der Waals surface area contributed by atoms with Gasteiger partial charge in [-0.1, -0.05) is 42.5 Å². The third-order valence-electron chi connectivity index (χ3n) is 4.40. The van der Waals surface area contributed by atoms with Gasteiger partial charge in [0.1, 0.15) is 5.75 Å². The molecule has 0 bridgehead atoms. The molecule has 4 rings (SSSR count). The van der Waals surface area contributed by atoms with Crippen LogP contribution in [0.25, 0.3) is 0 Å². The summed E-state index contributed by atoms with van der Waals surface area (Å²) in [5.74, 6) is -0.579. The number of pyridine rings is 1. The van der Waals surface area contributed by atoms with Crippen LogP contribution in [0.2, 0.25) is 0 Å². The second-order valence-corrected chi connectivity index (χ2v) is 6.06. The maximum absolute atomic E-state index is 13.1. The van der Waals surface area contributed by atoms with Crippen LogP contribution in [0.15, 0.2) is 84.1 Å². The summed E-state index contributed by atoms with van der Waals surface area (Å²) in [4.78, 5) is 17.5. The molecule has 1 aliphatic rings. The fraction of sp³-hybridized carbons (Fsp3) is 0.0952. The normalized spacial score (nSPS) is 17.1. The Morgan fingerprint density at radius 3 is 2.38 bits per heavy atom. The molecule has 2 heterocycles. The highest BCUT2D eigenvalue weighted by atomic mass is 16.3. The Bertz CT molecular complexity index is 955. The summed E-state index contributed by atoms with van der Waals surface area (Å²) >= 11 is 0. The molecule has 1 unspecified atom stereocenters. The predicted octanol–water partition coefficient (Wildman–Crippen LogP) is 3.71. The molecular formula is C21H17N3O2. The van der Waals surface area contributed by atoms with Crippen LogP contribution in [0, 0.1) is 0 Å². The van der Waals surface area contributed by atoms with E-state index in [1.807, 2.05) is 54.6 Å². The third kappa shape index (κ3) is 2.95. The molecule has 2 aromatic carbocycles. The molecule has 5 heteroatoms. The average Bonchev–Trinajstić information content (AvgIpc) is 2.70. The first-order valence-corrected chi connectivity index (χ1v) is 8.40. The molecule has 5 nitrogen and oxygen atoms in total. The summed E-state index contributed by atoms with van der Waals surface area (Å²) in [5, 5.41) is 16.2. The third-order valence-corrected chi connectivity index (χ3v) is 4.40. The van der Waals surface area contributed by atoms with Crippen LogP contribution in [-0.4, -0.2) is 21.7 Å². The van der Waals surface area contributed by atoms with Crippen molar-refractivity contribution in [3.8, 4) is 5.75 Å². The van der Waals surface area contributed by atoms with E-state index in [1.165, 1.54) is 5.01 Å². The highest BCUT2D eigenvalue weighted by Crippen LogP contribution is 2.35. The molecule has 0 saturated carbocycles. The van der Waals surface area contributed by atoms with Crippen molar-refractivity contribution in [2.75, 3.05) is 5.01 Å². The van der Waals surface area contributed by atoms with Gasteiger partial charge in [0.25, 0.3) is 5.91 Å². The largest absolute Gasteiger partial charge is 0.508 e. The standard InChI is InChI=1S/C21H17N3O2/c25-20-12-5-4-10-16(20)17-14-19(18-11-6-7-13-22-18)23-24(21(17)26)15-8-2-1-3-9-15/h1-13,17,25H,14H2. The lowest BCUT2D eigenvalue weighted by Gasteiger charge is -2.29. The van der Waals surface area contributed by atoms with E-state index in [0.717, 1.165) is 5.69 Å². The van der Waals surface area contributed by atoms with Gasteiger partial charge in [-0.25, -0.2) is 0 Å². The molecule has 0 fully saturated rings. The minimum Gasteiger partial charge on any atom is -0.508 e. The minimum absolute atomic E-state index is 0.112. The van der Waals surface area contributed by atoms with Gasteiger partial charge < -0.3 is 5.11 Å². The van der Waals surface area contributed by atoms with Crippen molar-refractivity contribution in [2.45, 2.75) is 12.3 Å². The van der Waals surface area contributed by atoms with Crippen LogP contribution in [0.5, 0.6) is 5.75 Å². The van der Waals surface area contributed by atoms with Crippen LogP contribution in [0.4, 0.5) is 5.69 Å². The molecule has 3 aromatic rings. The van der Waals surface area contributed by atoms with Crippen molar-refractivity contribution in [3.05, 3.63) is 90.3 Å². The number of carbonyl (C=O) groups excluding carboxylic acids is 1. The number of phenolic OH excluding ortho intramolecular Hbond substituents is 1. The Labute approximate surface area is 151 Å². The van der Waals surface area contributed by atoms with E-state index in [-0.39, 0.29) is 11.7 Å². The van der Waals surface area contributed by atoms with Crippen molar-refractivity contribution in [1.82, 2.24) is 4.98 Å². The van der Waals surface area contributed by atoms with Crippen LogP contribution >= 0.6 is 0 Å². The van der Waals surface area contributed by atoms with Gasteiger partial charge in [0.05, 0.1) is 23.0 Å². The zero-order valence-electron chi connectivity index (χ0n) is 14.0. The fourth-order valence-electron chi connectivity index (χ4n) is 3.11. The first-order valence-electron chi connectivity index (χ1n) is 8.40. The van der Waals surface area contributed by atoms with Gasteiger partial charge in [-0.2, -0.15) is 10.1 Å². The number of aromatic hydroxyl groups is 1. The SMILES string of the molecule is O=C1C(c2ccccc2O)CC(c2ccccn2)=NN1c1ccccc1. The van der Waals surface area contributed by atoms with Crippen LogP contribution < -0.4 is 5.01 Å². The lowest BCUT2D eigenvalue weighted by Crippen LogP contribution is -2.38. The Balaban J connectivity index is 1.82. The molecular weight excluding hydrogens is 326 g/mol. The van der Waals surface area contributed by atoms with E-state index >= 15 is 0 Å². The lowest BCUT2D eigenvalue weighted by atomic mass is 9.89. The number of nitrogens with zero attached hydrogens (tertiary/aromatic N) is 3. The molecule has 0 aliphatic carbocycles. The molecule has 0 saturated heterocycles. The number of hydrazone groups is 1.